The first-order valence-electron chi connectivity index (χ1n) is 9.17. The molecule has 10 heteroatoms. The van der Waals surface area contributed by atoms with E-state index in [0.29, 0.717) is 11.8 Å². The zero-order valence-electron chi connectivity index (χ0n) is 16.0. The van der Waals surface area contributed by atoms with Gasteiger partial charge in [0, 0.05) is 18.5 Å². The molecule has 0 saturated carbocycles. The molecule has 3 heterocycles. The normalized spacial score (nSPS) is 10.9. The Labute approximate surface area is 173 Å². The smallest absolute Gasteiger partial charge is 0.322 e. The van der Waals surface area contributed by atoms with E-state index in [9.17, 15) is 23.2 Å². The highest BCUT2D eigenvalue weighted by atomic mass is 19.1. The number of fused-ring (bicyclic) bond motifs is 1. The first-order chi connectivity index (χ1) is 14.9. The highest BCUT2D eigenvalue weighted by Gasteiger charge is 2.17. The fourth-order valence-corrected chi connectivity index (χ4v) is 3.11. The molecule has 1 aromatic carbocycles. The molecule has 0 aliphatic heterocycles. The first kappa shape index (κ1) is 20.1. The van der Waals surface area contributed by atoms with Gasteiger partial charge in [0.15, 0.2) is 5.52 Å². The molecular weight excluding hydrogens is 408 g/mol. The van der Waals surface area contributed by atoms with Crippen molar-refractivity contribution in [1.29, 1.82) is 0 Å². The van der Waals surface area contributed by atoms with Crippen molar-refractivity contribution in [1.82, 2.24) is 19.1 Å². The van der Waals surface area contributed by atoms with Crippen LogP contribution in [0.1, 0.15) is 5.69 Å². The fraction of sp³-hybridized carbons (Fsp3) is 0.0952. The van der Waals surface area contributed by atoms with Crippen LogP contribution >= 0.6 is 0 Å². The van der Waals surface area contributed by atoms with Crippen molar-refractivity contribution in [2.45, 2.75) is 13.1 Å². The second-order valence-electron chi connectivity index (χ2n) is 6.62. The molecule has 0 aliphatic rings. The third kappa shape index (κ3) is 4.08. The lowest BCUT2D eigenvalue weighted by Crippen LogP contribution is -2.42. The number of benzene rings is 1. The number of nitrogens with one attached hydrogen (secondary N) is 1. The van der Waals surface area contributed by atoms with E-state index in [-0.39, 0.29) is 23.3 Å². The number of halogens is 2. The van der Waals surface area contributed by atoms with Crippen LogP contribution in [0.2, 0.25) is 0 Å². The third-order valence-corrected chi connectivity index (χ3v) is 4.54. The molecule has 1 amide bonds. The second-order valence-corrected chi connectivity index (χ2v) is 6.62. The van der Waals surface area contributed by atoms with Gasteiger partial charge in [0.05, 0.1) is 23.4 Å². The highest BCUT2D eigenvalue weighted by Crippen LogP contribution is 2.15. The van der Waals surface area contributed by atoms with Crippen LogP contribution in [0.4, 0.5) is 14.5 Å². The number of carbonyl (C=O) groups excluding carboxylic acids is 1. The molecule has 0 unspecified atom stereocenters. The Hall–Kier alpha value is -4.21. The molecule has 0 saturated heterocycles. The Bertz CT molecular complexity index is 1400. The lowest BCUT2D eigenvalue weighted by atomic mass is 10.3. The second kappa shape index (κ2) is 8.27. The molecule has 3 aromatic heterocycles. The molecule has 0 spiro atoms. The van der Waals surface area contributed by atoms with Gasteiger partial charge in [-0.2, -0.15) is 0 Å². The minimum absolute atomic E-state index is 0.00112. The lowest BCUT2D eigenvalue weighted by molar-refractivity contribution is -0.116. The maximum absolute atomic E-state index is 13.9. The molecule has 0 bridgehead atoms. The van der Waals surface area contributed by atoms with Crippen molar-refractivity contribution < 1.29 is 13.6 Å². The Kier molecular flexibility index (Phi) is 5.35. The SMILES string of the molecule is O=C(Cn1c(=O)n(Cc2ccccn2)c(=O)c2ncccc21)Nc1ccc(F)cc1F. The van der Waals surface area contributed by atoms with Crippen molar-refractivity contribution in [3.05, 3.63) is 99.1 Å². The highest BCUT2D eigenvalue weighted by molar-refractivity contribution is 5.91. The Morgan fingerprint density at radius 2 is 1.77 bits per heavy atom. The number of anilines is 1. The average Bonchev–Trinajstić information content (AvgIpc) is 2.77. The minimum Gasteiger partial charge on any atom is -0.322 e. The van der Waals surface area contributed by atoms with E-state index in [0.717, 1.165) is 21.3 Å². The van der Waals surface area contributed by atoms with E-state index in [1.54, 1.807) is 18.2 Å². The number of hydrogen-bond donors (Lipinski definition) is 1. The van der Waals surface area contributed by atoms with Gasteiger partial charge in [0.25, 0.3) is 5.56 Å². The van der Waals surface area contributed by atoms with Crippen molar-refractivity contribution in [2.75, 3.05) is 5.32 Å². The molecule has 0 radical (unpaired) electrons. The van der Waals surface area contributed by atoms with Crippen molar-refractivity contribution in [3.8, 4) is 0 Å². The topological polar surface area (TPSA) is 98.9 Å². The number of nitrogens with zero attached hydrogens (tertiary/aromatic N) is 4. The molecule has 0 atom stereocenters. The van der Waals surface area contributed by atoms with Gasteiger partial charge in [-0.05, 0) is 36.4 Å². The maximum atomic E-state index is 13.9. The van der Waals surface area contributed by atoms with E-state index in [1.165, 1.54) is 24.5 Å². The van der Waals surface area contributed by atoms with Crippen LogP contribution in [0.15, 0.2) is 70.5 Å². The van der Waals surface area contributed by atoms with E-state index >= 15 is 0 Å². The van der Waals surface area contributed by atoms with Crippen molar-refractivity contribution in [3.63, 3.8) is 0 Å². The number of carbonyl (C=O) groups is 1. The van der Waals surface area contributed by atoms with Crippen molar-refractivity contribution in [2.24, 2.45) is 0 Å². The zero-order chi connectivity index (χ0) is 22.0. The quantitative estimate of drug-likeness (QED) is 0.529. The molecule has 8 nitrogen and oxygen atoms in total. The summed E-state index contributed by atoms with van der Waals surface area (Å²) >= 11 is 0. The fourth-order valence-electron chi connectivity index (χ4n) is 3.11. The predicted molar refractivity (Wildman–Crippen MR) is 109 cm³/mol. The van der Waals surface area contributed by atoms with Crippen molar-refractivity contribution >= 4 is 22.6 Å². The predicted octanol–water partition coefficient (Wildman–Crippen LogP) is 1.92. The lowest BCUT2D eigenvalue weighted by Gasteiger charge is -2.14. The number of aromatic nitrogens is 4. The van der Waals surface area contributed by atoms with E-state index in [1.807, 2.05) is 0 Å². The number of amides is 1. The molecule has 4 rings (SSSR count). The van der Waals surface area contributed by atoms with Gasteiger partial charge in [-0.1, -0.05) is 6.07 Å². The molecule has 31 heavy (non-hydrogen) atoms. The molecule has 156 valence electrons. The van der Waals surface area contributed by atoms with E-state index < -0.39 is 35.3 Å². The third-order valence-electron chi connectivity index (χ3n) is 4.54. The molecule has 1 N–H and O–H groups in total. The van der Waals surface area contributed by atoms with Crippen LogP contribution < -0.4 is 16.6 Å². The van der Waals surface area contributed by atoms with Crippen LogP contribution in [0, 0.1) is 11.6 Å². The maximum Gasteiger partial charge on any atom is 0.332 e. The number of rotatable bonds is 5. The van der Waals surface area contributed by atoms with Gasteiger partial charge in [0.2, 0.25) is 5.91 Å². The van der Waals surface area contributed by atoms with Gasteiger partial charge in [-0.3, -0.25) is 23.7 Å². The van der Waals surface area contributed by atoms with Gasteiger partial charge in [-0.15, -0.1) is 0 Å². The summed E-state index contributed by atoms with van der Waals surface area (Å²) in [4.78, 5) is 46.6. The van der Waals surface area contributed by atoms with Crippen LogP contribution in [0.25, 0.3) is 11.0 Å². The standard InChI is InChI=1S/C21H15F2N5O3/c22-13-6-7-16(15(23)10-13)26-18(29)12-27-17-5-3-9-25-19(17)20(30)28(21(27)31)11-14-4-1-2-8-24-14/h1-10H,11-12H2,(H,26,29). The number of hydrogen-bond acceptors (Lipinski definition) is 5. The summed E-state index contributed by atoms with van der Waals surface area (Å²) < 4.78 is 28.9. The summed E-state index contributed by atoms with van der Waals surface area (Å²) in [7, 11) is 0. The summed E-state index contributed by atoms with van der Waals surface area (Å²) in [5, 5.41) is 2.30. The Balaban J connectivity index is 1.75. The van der Waals surface area contributed by atoms with Gasteiger partial charge in [0.1, 0.15) is 18.2 Å². The zero-order valence-corrected chi connectivity index (χ0v) is 16.0. The summed E-state index contributed by atoms with van der Waals surface area (Å²) in [5.41, 5.74) is -0.966. The summed E-state index contributed by atoms with van der Waals surface area (Å²) in [6, 6.07) is 10.8. The summed E-state index contributed by atoms with van der Waals surface area (Å²) in [6.07, 6.45) is 2.93. The van der Waals surface area contributed by atoms with Gasteiger partial charge >= 0.3 is 5.69 Å². The average molecular weight is 423 g/mol. The Morgan fingerprint density at radius 1 is 0.968 bits per heavy atom. The van der Waals surface area contributed by atoms with Crippen LogP contribution in [-0.2, 0) is 17.9 Å². The van der Waals surface area contributed by atoms with Crippen LogP contribution in [0.5, 0.6) is 0 Å². The van der Waals surface area contributed by atoms with E-state index in [4.69, 9.17) is 0 Å². The largest absolute Gasteiger partial charge is 0.332 e. The first-order valence-corrected chi connectivity index (χ1v) is 9.17. The Morgan fingerprint density at radius 3 is 2.52 bits per heavy atom. The summed E-state index contributed by atoms with van der Waals surface area (Å²) in [5.74, 6) is -2.47. The van der Waals surface area contributed by atoms with Gasteiger partial charge in [-0.25, -0.2) is 18.6 Å². The van der Waals surface area contributed by atoms with Gasteiger partial charge < -0.3 is 5.32 Å². The van der Waals surface area contributed by atoms with E-state index in [2.05, 4.69) is 15.3 Å². The molecule has 4 aromatic rings. The molecule has 0 fully saturated rings. The number of pyridine rings is 2. The molecular formula is C21H15F2N5O3. The molecule has 0 aliphatic carbocycles. The van der Waals surface area contributed by atoms with Crippen LogP contribution in [-0.4, -0.2) is 25.0 Å². The minimum atomic E-state index is -0.952. The van der Waals surface area contributed by atoms with Crippen LogP contribution in [0.3, 0.4) is 0 Å². The summed E-state index contributed by atoms with van der Waals surface area (Å²) in [6.45, 7) is -0.625. The monoisotopic (exact) mass is 423 g/mol.